The third-order valence-electron chi connectivity index (χ3n) is 2.26. The van der Waals surface area contributed by atoms with Crippen molar-refractivity contribution < 1.29 is 4.79 Å². The first kappa shape index (κ1) is 12.1. The first-order chi connectivity index (χ1) is 8.34. The third-order valence-corrected chi connectivity index (χ3v) is 3.70. The van der Waals surface area contributed by atoms with Gasteiger partial charge in [-0.15, -0.1) is 0 Å². The number of thiophene rings is 2. The first-order valence-corrected chi connectivity index (χ1v) is 7.22. The number of carbonyl (C=O) groups excluding carboxylic acids is 1. The average Bonchev–Trinajstić information content (AvgIpc) is 2.99. The summed E-state index contributed by atoms with van der Waals surface area (Å²) in [7, 11) is 0. The van der Waals surface area contributed by atoms with Gasteiger partial charge in [-0.2, -0.15) is 22.7 Å². The van der Waals surface area contributed by atoms with Crippen molar-refractivity contribution in [2.45, 2.75) is 6.42 Å². The molecule has 4 heteroatoms. The van der Waals surface area contributed by atoms with E-state index in [1.165, 1.54) is 5.56 Å². The van der Waals surface area contributed by atoms with Crippen LogP contribution in [0.3, 0.4) is 0 Å². The maximum atomic E-state index is 11.5. The van der Waals surface area contributed by atoms with E-state index in [-0.39, 0.29) is 5.91 Å². The van der Waals surface area contributed by atoms with Crippen LogP contribution in [0, 0.1) is 0 Å². The number of hydrogen-bond donors (Lipinski definition) is 1. The lowest BCUT2D eigenvalue weighted by Gasteiger charge is -1.99. The van der Waals surface area contributed by atoms with Crippen LogP contribution >= 0.6 is 22.7 Å². The summed E-state index contributed by atoms with van der Waals surface area (Å²) in [5.74, 6) is -0.0357. The molecule has 88 valence electrons. The third kappa shape index (κ3) is 4.17. The Morgan fingerprint density at radius 2 is 2.06 bits per heavy atom. The summed E-state index contributed by atoms with van der Waals surface area (Å²) in [6, 6.07) is 4.07. The summed E-state index contributed by atoms with van der Waals surface area (Å²) < 4.78 is 0. The van der Waals surface area contributed by atoms with Gasteiger partial charge in [-0.25, -0.2) is 0 Å². The van der Waals surface area contributed by atoms with Crippen LogP contribution < -0.4 is 5.32 Å². The highest BCUT2D eigenvalue weighted by molar-refractivity contribution is 7.08. The highest BCUT2D eigenvalue weighted by Crippen LogP contribution is 2.07. The molecule has 0 aromatic carbocycles. The van der Waals surface area contributed by atoms with Crippen molar-refractivity contribution in [2.75, 3.05) is 6.54 Å². The fraction of sp³-hybridized carbons (Fsp3) is 0.154. The van der Waals surface area contributed by atoms with E-state index in [0.717, 1.165) is 12.0 Å². The monoisotopic (exact) mass is 263 g/mol. The molecule has 2 aromatic rings. The molecule has 0 aliphatic heterocycles. The fourth-order valence-corrected chi connectivity index (χ4v) is 2.70. The zero-order valence-corrected chi connectivity index (χ0v) is 10.9. The normalized spacial score (nSPS) is 10.8. The Balaban J connectivity index is 1.71. The molecule has 0 saturated heterocycles. The van der Waals surface area contributed by atoms with E-state index in [1.807, 2.05) is 28.3 Å². The molecule has 2 heterocycles. The second-order valence-electron chi connectivity index (χ2n) is 3.56. The fourth-order valence-electron chi connectivity index (χ4n) is 1.37. The number of nitrogens with one attached hydrogen (secondary N) is 1. The van der Waals surface area contributed by atoms with Crippen LogP contribution in [0.1, 0.15) is 11.1 Å². The van der Waals surface area contributed by atoms with Crippen LogP contribution in [0.15, 0.2) is 39.7 Å². The molecule has 17 heavy (non-hydrogen) atoms. The minimum atomic E-state index is -0.0357. The van der Waals surface area contributed by atoms with Gasteiger partial charge in [0, 0.05) is 12.6 Å². The lowest BCUT2D eigenvalue weighted by atomic mass is 10.2. The Hall–Kier alpha value is -1.39. The molecule has 1 amide bonds. The van der Waals surface area contributed by atoms with E-state index in [1.54, 1.807) is 28.7 Å². The molecule has 0 fully saturated rings. The smallest absolute Gasteiger partial charge is 0.244 e. The van der Waals surface area contributed by atoms with Crippen molar-refractivity contribution in [3.63, 3.8) is 0 Å². The van der Waals surface area contributed by atoms with Gasteiger partial charge in [0.2, 0.25) is 5.91 Å². The molecule has 2 nitrogen and oxygen atoms in total. The lowest BCUT2D eigenvalue weighted by molar-refractivity contribution is -0.116. The predicted molar refractivity (Wildman–Crippen MR) is 74.4 cm³/mol. The van der Waals surface area contributed by atoms with Gasteiger partial charge in [-0.3, -0.25) is 4.79 Å². The van der Waals surface area contributed by atoms with Gasteiger partial charge in [0.25, 0.3) is 0 Å². The number of hydrogen-bond acceptors (Lipinski definition) is 3. The zero-order valence-electron chi connectivity index (χ0n) is 9.26. The summed E-state index contributed by atoms with van der Waals surface area (Å²) in [4.78, 5) is 11.5. The predicted octanol–water partition coefficient (Wildman–Crippen LogP) is 3.18. The highest BCUT2D eigenvalue weighted by Gasteiger charge is 1.96. The Morgan fingerprint density at radius 3 is 2.76 bits per heavy atom. The van der Waals surface area contributed by atoms with Crippen molar-refractivity contribution in [3.8, 4) is 0 Å². The second-order valence-corrected chi connectivity index (χ2v) is 5.12. The maximum absolute atomic E-state index is 11.5. The van der Waals surface area contributed by atoms with Gasteiger partial charge in [0.15, 0.2) is 0 Å². The van der Waals surface area contributed by atoms with E-state index >= 15 is 0 Å². The largest absolute Gasteiger partial charge is 0.352 e. The molecule has 0 bridgehead atoms. The summed E-state index contributed by atoms with van der Waals surface area (Å²) in [5, 5.41) is 11.0. The van der Waals surface area contributed by atoms with Crippen molar-refractivity contribution in [1.82, 2.24) is 5.32 Å². The molecular weight excluding hydrogens is 250 g/mol. The van der Waals surface area contributed by atoms with Gasteiger partial charge in [-0.1, -0.05) is 0 Å². The molecular formula is C13H13NOS2. The first-order valence-electron chi connectivity index (χ1n) is 5.34. The molecule has 1 N–H and O–H groups in total. The summed E-state index contributed by atoms with van der Waals surface area (Å²) in [6.07, 6.45) is 4.30. The summed E-state index contributed by atoms with van der Waals surface area (Å²) in [6.45, 7) is 0.684. The maximum Gasteiger partial charge on any atom is 0.244 e. The van der Waals surface area contributed by atoms with Crippen molar-refractivity contribution >= 4 is 34.7 Å². The zero-order chi connectivity index (χ0) is 11.9. The standard InChI is InChI=1S/C13H13NOS2/c15-13(2-1-11-4-7-16-9-11)14-6-3-12-5-8-17-10-12/h1-2,4-5,7-10H,3,6H2,(H,14,15)/b2-1+. The Kier molecular flexibility index (Phi) is 4.53. The van der Waals surface area contributed by atoms with Gasteiger partial charge < -0.3 is 5.32 Å². The van der Waals surface area contributed by atoms with E-state index in [2.05, 4.69) is 16.8 Å². The van der Waals surface area contributed by atoms with E-state index in [4.69, 9.17) is 0 Å². The molecule has 0 radical (unpaired) electrons. The molecule has 0 spiro atoms. The summed E-state index contributed by atoms with van der Waals surface area (Å²) in [5.41, 5.74) is 2.35. The van der Waals surface area contributed by atoms with Crippen LogP contribution in [0.2, 0.25) is 0 Å². The van der Waals surface area contributed by atoms with Crippen molar-refractivity contribution in [3.05, 3.63) is 50.9 Å². The van der Waals surface area contributed by atoms with E-state index in [0.29, 0.717) is 6.54 Å². The Morgan fingerprint density at radius 1 is 1.24 bits per heavy atom. The number of carbonyl (C=O) groups is 1. The van der Waals surface area contributed by atoms with Gasteiger partial charge in [0.05, 0.1) is 0 Å². The minimum Gasteiger partial charge on any atom is -0.352 e. The average molecular weight is 263 g/mol. The van der Waals surface area contributed by atoms with Gasteiger partial charge in [-0.05, 0) is 57.3 Å². The molecule has 0 saturated carbocycles. The van der Waals surface area contributed by atoms with Crippen LogP contribution in [0.4, 0.5) is 0 Å². The van der Waals surface area contributed by atoms with Crippen LogP contribution in [-0.4, -0.2) is 12.5 Å². The lowest BCUT2D eigenvalue weighted by Crippen LogP contribution is -2.23. The molecule has 2 aromatic heterocycles. The van der Waals surface area contributed by atoms with E-state index < -0.39 is 0 Å². The molecule has 0 aliphatic carbocycles. The number of rotatable bonds is 5. The van der Waals surface area contributed by atoms with E-state index in [9.17, 15) is 4.79 Å². The van der Waals surface area contributed by atoms with Crippen LogP contribution in [0.5, 0.6) is 0 Å². The Bertz CT molecular complexity index is 472. The van der Waals surface area contributed by atoms with Gasteiger partial charge >= 0.3 is 0 Å². The number of amides is 1. The quantitative estimate of drug-likeness (QED) is 0.825. The van der Waals surface area contributed by atoms with Crippen LogP contribution in [-0.2, 0) is 11.2 Å². The van der Waals surface area contributed by atoms with Crippen molar-refractivity contribution in [2.24, 2.45) is 0 Å². The molecule has 0 aliphatic rings. The van der Waals surface area contributed by atoms with Gasteiger partial charge in [0.1, 0.15) is 0 Å². The summed E-state index contributed by atoms with van der Waals surface area (Å²) >= 11 is 3.31. The SMILES string of the molecule is O=C(/C=C/c1ccsc1)NCCc1ccsc1. The minimum absolute atomic E-state index is 0.0357. The molecule has 0 atom stereocenters. The Labute approximate surface area is 109 Å². The van der Waals surface area contributed by atoms with Crippen LogP contribution in [0.25, 0.3) is 6.08 Å². The molecule has 0 unspecified atom stereocenters. The highest BCUT2D eigenvalue weighted by atomic mass is 32.1. The second kappa shape index (κ2) is 6.37. The topological polar surface area (TPSA) is 29.1 Å². The van der Waals surface area contributed by atoms with Crippen molar-refractivity contribution in [1.29, 1.82) is 0 Å². The molecule has 2 rings (SSSR count).